The molecule has 0 aliphatic rings. The third kappa shape index (κ3) is 3.18. The van der Waals surface area contributed by atoms with Crippen LogP contribution >= 0.6 is 22.9 Å². The molecular formula is C11H9ClN2O2S. The second kappa shape index (κ2) is 5.16. The van der Waals surface area contributed by atoms with E-state index in [9.17, 15) is 4.79 Å². The fourth-order valence-electron chi connectivity index (χ4n) is 1.23. The van der Waals surface area contributed by atoms with Crippen LogP contribution in [0.5, 0.6) is 0 Å². The van der Waals surface area contributed by atoms with Gasteiger partial charge in [-0.25, -0.2) is 9.78 Å². The van der Waals surface area contributed by atoms with Gasteiger partial charge in [0.25, 0.3) is 0 Å². The number of carboxylic acid groups (broad SMARTS) is 1. The minimum atomic E-state index is -1.01. The minimum absolute atomic E-state index is 0.0635. The lowest BCUT2D eigenvalue weighted by atomic mass is 10.2. The fraction of sp³-hybridized carbons (Fsp3) is 0.0909. The second-order valence-corrected chi connectivity index (χ2v) is 4.62. The zero-order chi connectivity index (χ0) is 12.3. The molecule has 0 saturated carbocycles. The predicted molar refractivity (Wildman–Crippen MR) is 67.9 cm³/mol. The quantitative estimate of drug-likeness (QED) is 0.894. The largest absolute Gasteiger partial charge is 0.476 e. The van der Waals surface area contributed by atoms with Crippen molar-refractivity contribution in [2.45, 2.75) is 6.54 Å². The Kier molecular flexibility index (Phi) is 3.61. The van der Waals surface area contributed by atoms with Crippen molar-refractivity contribution in [3.63, 3.8) is 0 Å². The molecular weight excluding hydrogens is 260 g/mol. The number of anilines is 1. The first kappa shape index (κ1) is 11.9. The average Bonchev–Trinajstić information content (AvgIpc) is 2.77. The number of halogens is 1. The lowest BCUT2D eigenvalue weighted by Gasteiger charge is -2.02. The summed E-state index contributed by atoms with van der Waals surface area (Å²) in [5.41, 5.74) is 1.12. The standard InChI is InChI=1S/C11H9ClN2O2S/c12-8-3-1-7(2-4-8)5-13-11-14-9(6-17-11)10(15)16/h1-4,6H,5H2,(H,13,14)(H,15,16). The van der Waals surface area contributed by atoms with Gasteiger partial charge in [0.2, 0.25) is 0 Å². The van der Waals surface area contributed by atoms with Gasteiger partial charge in [0.1, 0.15) is 0 Å². The SMILES string of the molecule is O=C(O)c1csc(NCc2ccc(Cl)cc2)n1. The summed E-state index contributed by atoms with van der Waals surface area (Å²) in [4.78, 5) is 14.6. The molecule has 2 rings (SSSR count). The summed E-state index contributed by atoms with van der Waals surface area (Å²) in [5, 5.41) is 14.6. The molecule has 1 heterocycles. The number of carbonyl (C=O) groups is 1. The monoisotopic (exact) mass is 268 g/mol. The Bertz CT molecular complexity index is 525. The highest BCUT2D eigenvalue weighted by atomic mass is 35.5. The summed E-state index contributed by atoms with van der Waals surface area (Å²) in [5.74, 6) is -1.01. The summed E-state index contributed by atoms with van der Waals surface area (Å²) < 4.78 is 0. The van der Waals surface area contributed by atoms with Crippen LogP contribution in [0.4, 0.5) is 5.13 Å². The van der Waals surface area contributed by atoms with E-state index in [1.165, 1.54) is 16.7 Å². The molecule has 0 amide bonds. The minimum Gasteiger partial charge on any atom is -0.476 e. The maximum absolute atomic E-state index is 10.6. The van der Waals surface area contributed by atoms with Crippen molar-refractivity contribution >= 4 is 34.0 Å². The summed E-state index contributed by atoms with van der Waals surface area (Å²) in [7, 11) is 0. The van der Waals surface area contributed by atoms with Gasteiger partial charge in [-0.05, 0) is 17.7 Å². The molecule has 88 valence electrons. The van der Waals surface area contributed by atoms with Crippen LogP contribution in [-0.4, -0.2) is 16.1 Å². The van der Waals surface area contributed by atoms with Crippen LogP contribution in [0.25, 0.3) is 0 Å². The van der Waals surface area contributed by atoms with Crippen molar-refractivity contribution in [3.8, 4) is 0 Å². The second-order valence-electron chi connectivity index (χ2n) is 3.32. The van der Waals surface area contributed by atoms with E-state index in [0.717, 1.165) is 5.56 Å². The summed E-state index contributed by atoms with van der Waals surface area (Å²) in [6.07, 6.45) is 0. The van der Waals surface area contributed by atoms with Gasteiger partial charge in [0, 0.05) is 16.9 Å². The molecule has 4 nitrogen and oxygen atoms in total. The number of carboxylic acids is 1. The molecule has 0 atom stereocenters. The van der Waals surface area contributed by atoms with E-state index in [1.807, 2.05) is 24.3 Å². The Balaban J connectivity index is 1.97. The molecule has 1 aromatic heterocycles. The van der Waals surface area contributed by atoms with Gasteiger partial charge in [-0.3, -0.25) is 0 Å². The molecule has 0 aliphatic heterocycles. The van der Waals surface area contributed by atoms with Crippen LogP contribution in [0.1, 0.15) is 16.1 Å². The third-order valence-corrected chi connectivity index (χ3v) is 3.13. The molecule has 0 unspecified atom stereocenters. The van der Waals surface area contributed by atoms with E-state index in [4.69, 9.17) is 16.7 Å². The van der Waals surface area contributed by atoms with Crippen molar-refractivity contribution in [3.05, 3.63) is 45.9 Å². The van der Waals surface area contributed by atoms with Gasteiger partial charge in [0.05, 0.1) is 0 Å². The topological polar surface area (TPSA) is 62.2 Å². The molecule has 1 aromatic carbocycles. The smallest absolute Gasteiger partial charge is 0.355 e. The Hall–Kier alpha value is -1.59. The van der Waals surface area contributed by atoms with E-state index in [-0.39, 0.29) is 5.69 Å². The summed E-state index contributed by atoms with van der Waals surface area (Å²) in [6.45, 7) is 0.587. The molecule has 2 aromatic rings. The first-order valence-electron chi connectivity index (χ1n) is 4.82. The van der Waals surface area contributed by atoms with Gasteiger partial charge in [0.15, 0.2) is 10.8 Å². The van der Waals surface area contributed by atoms with Crippen LogP contribution in [0, 0.1) is 0 Å². The van der Waals surface area contributed by atoms with Gasteiger partial charge in [-0.2, -0.15) is 0 Å². The van der Waals surface area contributed by atoms with Crippen LogP contribution in [0.15, 0.2) is 29.6 Å². The normalized spacial score (nSPS) is 10.2. The number of benzene rings is 1. The van der Waals surface area contributed by atoms with E-state index in [2.05, 4.69) is 10.3 Å². The van der Waals surface area contributed by atoms with Crippen LogP contribution in [0.3, 0.4) is 0 Å². The predicted octanol–water partition coefficient (Wildman–Crippen LogP) is 3.11. The molecule has 0 fully saturated rings. The van der Waals surface area contributed by atoms with Crippen molar-refractivity contribution in [2.75, 3.05) is 5.32 Å². The molecule has 0 spiro atoms. The first-order chi connectivity index (χ1) is 8.15. The van der Waals surface area contributed by atoms with Crippen molar-refractivity contribution in [1.29, 1.82) is 0 Å². The van der Waals surface area contributed by atoms with Crippen LogP contribution in [-0.2, 0) is 6.54 Å². The van der Waals surface area contributed by atoms with Crippen LogP contribution in [0.2, 0.25) is 5.02 Å². The maximum atomic E-state index is 10.6. The fourth-order valence-corrected chi connectivity index (χ4v) is 2.04. The number of thiazole rings is 1. The lowest BCUT2D eigenvalue weighted by molar-refractivity contribution is 0.0691. The van der Waals surface area contributed by atoms with Crippen LogP contribution < -0.4 is 5.32 Å². The Morgan fingerprint density at radius 1 is 1.41 bits per heavy atom. The highest BCUT2D eigenvalue weighted by Gasteiger charge is 2.07. The molecule has 17 heavy (non-hydrogen) atoms. The van der Waals surface area contributed by atoms with E-state index in [0.29, 0.717) is 16.7 Å². The Labute approximate surface area is 107 Å². The first-order valence-corrected chi connectivity index (χ1v) is 6.08. The number of hydrogen-bond donors (Lipinski definition) is 2. The van der Waals surface area contributed by atoms with Gasteiger partial charge in [-0.1, -0.05) is 23.7 Å². The van der Waals surface area contributed by atoms with Gasteiger partial charge < -0.3 is 10.4 Å². The third-order valence-electron chi connectivity index (χ3n) is 2.08. The van der Waals surface area contributed by atoms with Gasteiger partial charge in [-0.15, -0.1) is 11.3 Å². The molecule has 0 radical (unpaired) electrons. The van der Waals surface area contributed by atoms with E-state index >= 15 is 0 Å². The van der Waals surface area contributed by atoms with Gasteiger partial charge >= 0.3 is 5.97 Å². The number of aromatic carboxylic acids is 1. The Morgan fingerprint density at radius 2 is 2.12 bits per heavy atom. The maximum Gasteiger partial charge on any atom is 0.355 e. The lowest BCUT2D eigenvalue weighted by Crippen LogP contribution is -2.00. The van der Waals surface area contributed by atoms with Crippen molar-refractivity contribution < 1.29 is 9.90 Å². The molecule has 2 N–H and O–H groups in total. The number of hydrogen-bond acceptors (Lipinski definition) is 4. The number of rotatable bonds is 4. The zero-order valence-corrected chi connectivity index (χ0v) is 10.3. The zero-order valence-electron chi connectivity index (χ0n) is 8.68. The molecule has 0 saturated heterocycles. The number of nitrogens with zero attached hydrogens (tertiary/aromatic N) is 1. The highest BCUT2D eigenvalue weighted by molar-refractivity contribution is 7.13. The molecule has 6 heteroatoms. The summed E-state index contributed by atoms with van der Waals surface area (Å²) >= 11 is 7.04. The number of nitrogens with one attached hydrogen (secondary N) is 1. The molecule has 0 aliphatic carbocycles. The molecule has 0 bridgehead atoms. The van der Waals surface area contributed by atoms with Crippen molar-refractivity contribution in [1.82, 2.24) is 4.98 Å². The number of aromatic nitrogens is 1. The summed E-state index contributed by atoms with van der Waals surface area (Å²) in [6, 6.07) is 7.42. The van der Waals surface area contributed by atoms with Crippen molar-refractivity contribution in [2.24, 2.45) is 0 Å². The average molecular weight is 269 g/mol. The Morgan fingerprint density at radius 3 is 2.71 bits per heavy atom. The van der Waals surface area contributed by atoms with E-state index in [1.54, 1.807) is 0 Å². The highest BCUT2D eigenvalue weighted by Crippen LogP contribution is 2.17. The van der Waals surface area contributed by atoms with E-state index < -0.39 is 5.97 Å².